The Balaban J connectivity index is 1.88. The summed E-state index contributed by atoms with van der Waals surface area (Å²) in [6, 6.07) is 0. The van der Waals surface area contributed by atoms with Crippen molar-refractivity contribution in [1.29, 1.82) is 0 Å². The molecular weight excluding hydrogens is 276 g/mol. The number of rotatable bonds is 3. The van der Waals surface area contributed by atoms with Crippen molar-refractivity contribution in [1.82, 2.24) is 9.88 Å². The van der Waals surface area contributed by atoms with Gasteiger partial charge in [-0.25, -0.2) is 4.98 Å². The molecule has 0 aliphatic carbocycles. The van der Waals surface area contributed by atoms with E-state index in [1.54, 1.807) is 11.3 Å². The Labute approximate surface area is 103 Å². The molecule has 1 atom stereocenters. The first-order chi connectivity index (χ1) is 7.28. The van der Waals surface area contributed by atoms with Crippen molar-refractivity contribution in [2.75, 3.05) is 25.0 Å². The highest BCUT2D eigenvalue weighted by atomic mass is 79.9. The smallest absolute Gasteiger partial charge is 0.0897 e. The molecule has 2 rings (SSSR count). The number of aromatic nitrogens is 1. The summed E-state index contributed by atoms with van der Waals surface area (Å²) in [5.74, 6) is 0. The van der Waals surface area contributed by atoms with Gasteiger partial charge in [0.2, 0.25) is 0 Å². The third-order valence-corrected chi connectivity index (χ3v) is 3.99. The summed E-state index contributed by atoms with van der Waals surface area (Å²) in [5.41, 5.74) is 1.19. The second-order valence-electron chi connectivity index (χ2n) is 3.74. The van der Waals surface area contributed by atoms with E-state index in [-0.39, 0.29) is 0 Å². The van der Waals surface area contributed by atoms with E-state index in [9.17, 15) is 0 Å². The second kappa shape index (κ2) is 5.39. The Morgan fingerprint density at radius 3 is 3.27 bits per heavy atom. The zero-order valence-electron chi connectivity index (χ0n) is 8.78. The fourth-order valence-electron chi connectivity index (χ4n) is 1.73. The average molecular weight is 291 g/mol. The quantitative estimate of drug-likeness (QED) is 0.797. The molecule has 3 nitrogen and oxygen atoms in total. The lowest BCUT2D eigenvalue weighted by molar-refractivity contribution is -0.0184. The van der Waals surface area contributed by atoms with Gasteiger partial charge in [-0.1, -0.05) is 15.9 Å². The zero-order valence-corrected chi connectivity index (χ0v) is 11.2. The molecule has 0 amide bonds. The van der Waals surface area contributed by atoms with Crippen molar-refractivity contribution in [3.8, 4) is 0 Å². The molecule has 1 unspecified atom stereocenters. The molecule has 0 bridgehead atoms. The minimum absolute atomic E-state index is 0.332. The second-order valence-corrected chi connectivity index (χ2v) is 5.45. The fraction of sp³-hybridized carbons (Fsp3) is 0.700. The van der Waals surface area contributed by atoms with E-state index in [0.717, 1.165) is 36.6 Å². The van der Waals surface area contributed by atoms with Gasteiger partial charge < -0.3 is 4.74 Å². The highest BCUT2D eigenvalue weighted by molar-refractivity contribution is 9.09. The Morgan fingerprint density at radius 2 is 2.60 bits per heavy atom. The summed E-state index contributed by atoms with van der Waals surface area (Å²) in [6.45, 7) is 5.85. The maximum atomic E-state index is 5.59. The maximum Gasteiger partial charge on any atom is 0.0897 e. The summed E-state index contributed by atoms with van der Waals surface area (Å²) in [6.07, 6.45) is 0.332. The lowest BCUT2D eigenvalue weighted by Gasteiger charge is -2.31. The fourth-order valence-corrected chi connectivity index (χ4v) is 2.72. The molecule has 0 saturated carbocycles. The SMILES string of the molecule is Cc1nc(CN2CCOC(CBr)C2)cs1. The number of aryl methyl sites for hydroxylation is 1. The van der Waals surface area contributed by atoms with Gasteiger partial charge in [0.1, 0.15) is 0 Å². The topological polar surface area (TPSA) is 25.4 Å². The third-order valence-electron chi connectivity index (χ3n) is 2.45. The molecular formula is C10H15BrN2OS. The van der Waals surface area contributed by atoms with E-state index < -0.39 is 0 Å². The van der Waals surface area contributed by atoms with Crippen LogP contribution in [0.15, 0.2) is 5.38 Å². The first kappa shape index (κ1) is 11.5. The zero-order chi connectivity index (χ0) is 10.7. The van der Waals surface area contributed by atoms with Crippen LogP contribution in [0.25, 0.3) is 0 Å². The molecule has 0 spiro atoms. The molecule has 1 aromatic heterocycles. The minimum Gasteiger partial charge on any atom is -0.375 e. The van der Waals surface area contributed by atoms with Crippen molar-refractivity contribution in [3.05, 3.63) is 16.1 Å². The van der Waals surface area contributed by atoms with Gasteiger partial charge in [-0.2, -0.15) is 0 Å². The summed E-state index contributed by atoms with van der Waals surface area (Å²) in [4.78, 5) is 6.89. The predicted molar refractivity (Wildman–Crippen MR) is 65.7 cm³/mol. The van der Waals surface area contributed by atoms with Crippen molar-refractivity contribution in [2.45, 2.75) is 19.6 Å². The van der Waals surface area contributed by atoms with Crippen LogP contribution >= 0.6 is 27.3 Å². The van der Waals surface area contributed by atoms with Gasteiger partial charge >= 0.3 is 0 Å². The van der Waals surface area contributed by atoms with Crippen LogP contribution in [-0.2, 0) is 11.3 Å². The molecule has 15 heavy (non-hydrogen) atoms. The largest absolute Gasteiger partial charge is 0.375 e. The van der Waals surface area contributed by atoms with Crippen LogP contribution in [0.3, 0.4) is 0 Å². The van der Waals surface area contributed by atoms with Gasteiger partial charge in [-0.05, 0) is 6.92 Å². The number of nitrogens with zero attached hydrogens (tertiary/aromatic N) is 2. The summed E-state index contributed by atoms with van der Waals surface area (Å²) in [7, 11) is 0. The van der Waals surface area contributed by atoms with E-state index in [2.05, 4.69) is 38.1 Å². The summed E-state index contributed by atoms with van der Waals surface area (Å²) >= 11 is 5.18. The van der Waals surface area contributed by atoms with Crippen LogP contribution < -0.4 is 0 Å². The molecule has 1 fully saturated rings. The van der Waals surface area contributed by atoms with E-state index in [1.165, 1.54) is 5.69 Å². The maximum absolute atomic E-state index is 5.59. The highest BCUT2D eigenvalue weighted by Crippen LogP contribution is 2.13. The molecule has 1 aliphatic rings. The number of halogens is 1. The van der Waals surface area contributed by atoms with Crippen LogP contribution in [0.5, 0.6) is 0 Å². The molecule has 1 aromatic rings. The van der Waals surface area contributed by atoms with Crippen LogP contribution in [0, 0.1) is 6.92 Å². The van der Waals surface area contributed by atoms with Crippen molar-refractivity contribution in [2.24, 2.45) is 0 Å². The number of ether oxygens (including phenoxy) is 1. The van der Waals surface area contributed by atoms with Crippen LogP contribution in [0.1, 0.15) is 10.7 Å². The van der Waals surface area contributed by atoms with Gasteiger partial charge in [0.25, 0.3) is 0 Å². The average Bonchev–Trinajstić information content (AvgIpc) is 2.64. The predicted octanol–water partition coefficient (Wildman–Crippen LogP) is 2.05. The summed E-state index contributed by atoms with van der Waals surface area (Å²) < 4.78 is 5.59. The molecule has 84 valence electrons. The van der Waals surface area contributed by atoms with E-state index in [4.69, 9.17) is 4.74 Å². The molecule has 0 radical (unpaired) electrons. The van der Waals surface area contributed by atoms with Gasteiger partial charge in [0.15, 0.2) is 0 Å². The standard InChI is InChI=1S/C10H15BrN2OS/c1-8-12-9(7-15-8)5-13-2-3-14-10(4-11)6-13/h7,10H,2-6H2,1H3. The molecule has 0 N–H and O–H groups in total. The molecule has 1 aliphatic heterocycles. The number of hydrogen-bond donors (Lipinski definition) is 0. The summed E-state index contributed by atoms with van der Waals surface area (Å²) in [5, 5.41) is 4.21. The lowest BCUT2D eigenvalue weighted by atomic mass is 10.3. The Kier molecular flexibility index (Phi) is 4.13. The monoisotopic (exact) mass is 290 g/mol. The van der Waals surface area contributed by atoms with Crippen molar-refractivity contribution < 1.29 is 4.74 Å². The molecule has 1 saturated heterocycles. The molecule has 0 aromatic carbocycles. The van der Waals surface area contributed by atoms with Crippen LogP contribution in [-0.4, -0.2) is 41.0 Å². The lowest BCUT2D eigenvalue weighted by Crippen LogP contribution is -2.42. The first-order valence-corrected chi connectivity index (χ1v) is 7.09. The van der Waals surface area contributed by atoms with E-state index >= 15 is 0 Å². The number of hydrogen-bond acceptors (Lipinski definition) is 4. The van der Waals surface area contributed by atoms with Crippen molar-refractivity contribution >= 4 is 27.3 Å². The molecule has 2 heterocycles. The van der Waals surface area contributed by atoms with Gasteiger partial charge in [0.05, 0.1) is 23.4 Å². The number of thiazole rings is 1. The third kappa shape index (κ3) is 3.24. The Morgan fingerprint density at radius 1 is 1.73 bits per heavy atom. The Hall–Kier alpha value is 0.0300. The first-order valence-electron chi connectivity index (χ1n) is 5.09. The normalized spacial score (nSPS) is 23.2. The van der Waals surface area contributed by atoms with Gasteiger partial charge in [-0.15, -0.1) is 11.3 Å². The van der Waals surface area contributed by atoms with Crippen LogP contribution in [0.2, 0.25) is 0 Å². The Bertz CT molecular complexity index is 318. The van der Waals surface area contributed by atoms with E-state index in [1.807, 2.05) is 0 Å². The highest BCUT2D eigenvalue weighted by Gasteiger charge is 2.19. The van der Waals surface area contributed by atoms with Gasteiger partial charge in [0, 0.05) is 30.3 Å². The van der Waals surface area contributed by atoms with Gasteiger partial charge in [-0.3, -0.25) is 4.90 Å². The minimum atomic E-state index is 0.332. The number of alkyl halides is 1. The van der Waals surface area contributed by atoms with E-state index in [0.29, 0.717) is 6.10 Å². The van der Waals surface area contributed by atoms with Crippen molar-refractivity contribution in [3.63, 3.8) is 0 Å². The molecule has 5 heteroatoms. The number of morpholine rings is 1. The van der Waals surface area contributed by atoms with Crippen LogP contribution in [0.4, 0.5) is 0 Å².